The number of ether oxygens (including phenoxy) is 1. The van der Waals surface area contributed by atoms with Crippen LogP contribution in [0.4, 0.5) is 5.69 Å². The molecule has 0 radical (unpaired) electrons. The van der Waals surface area contributed by atoms with Crippen molar-refractivity contribution in [2.24, 2.45) is 0 Å². The number of benzene rings is 1. The first-order chi connectivity index (χ1) is 10.7. The monoisotopic (exact) mass is 330 g/mol. The summed E-state index contributed by atoms with van der Waals surface area (Å²) >= 11 is 6.88. The average molecular weight is 330 g/mol. The highest BCUT2D eigenvalue weighted by Gasteiger charge is 2.33. The van der Waals surface area contributed by atoms with Crippen molar-refractivity contribution in [3.05, 3.63) is 52.4 Å². The van der Waals surface area contributed by atoms with Gasteiger partial charge in [0.15, 0.2) is 5.11 Å². The molecular formula is C16H14N2O2S2. The summed E-state index contributed by atoms with van der Waals surface area (Å²) in [6.45, 7) is 2.43. The second kappa shape index (κ2) is 6.29. The van der Waals surface area contributed by atoms with Gasteiger partial charge in [0, 0.05) is 4.88 Å². The van der Waals surface area contributed by atoms with Gasteiger partial charge >= 0.3 is 0 Å². The number of amides is 1. The van der Waals surface area contributed by atoms with E-state index in [0.717, 1.165) is 4.88 Å². The van der Waals surface area contributed by atoms with Crippen LogP contribution < -0.4 is 15.0 Å². The Morgan fingerprint density at radius 2 is 2.14 bits per heavy atom. The summed E-state index contributed by atoms with van der Waals surface area (Å²) in [4.78, 5) is 15.1. The summed E-state index contributed by atoms with van der Waals surface area (Å²) in [6, 6.07) is 11.3. The van der Waals surface area contributed by atoms with Crippen LogP contribution in [0.25, 0.3) is 6.08 Å². The summed E-state index contributed by atoms with van der Waals surface area (Å²) in [5.74, 6) is 0.463. The van der Waals surface area contributed by atoms with Gasteiger partial charge in [0.2, 0.25) is 0 Å². The van der Waals surface area contributed by atoms with E-state index in [9.17, 15) is 4.79 Å². The van der Waals surface area contributed by atoms with Crippen LogP contribution in [0, 0.1) is 0 Å². The van der Waals surface area contributed by atoms with Gasteiger partial charge in [-0.15, -0.1) is 11.3 Å². The topological polar surface area (TPSA) is 41.6 Å². The quantitative estimate of drug-likeness (QED) is 0.689. The maximum atomic E-state index is 12.7. The largest absolute Gasteiger partial charge is 0.492 e. The fourth-order valence-corrected chi connectivity index (χ4v) is 3.14. The number of para-hydroxylation sites is 2. The molecule has 1 fully saturated rings. The minimum atomic E-state index is -0.175. The Bertz CT molecular complexity index is 738. The molecule has 2 heterocycles. The maximum absolute atomic E-state index is 12.7. The van der Waals surface area contributed by atoms with Gasteiger partial charge < -0.3 is 10.1 Å². The minimum Gasteiger partial charge on any atom is -0.492 e. The zero-order chi connectivity index (χ0) is 15.5. The van der Waals surface area contributed by atoms with Crippen molar-refractivity contribution in [1.29, 1.82) is 0 Å². The predicted molar refractivity (Wildman–Crippen MR) is 93.1 cm³/mol. The molecule has 4 nitrogen and oxygen atoms in total. The molecule has 2 aromatic rings. The van der Waals surface area contributed by atoms with Gasteiger partial charge in [-0.2, -0.15) is 0 Å². The number of hydrogen-bond acceptors (Lipinski definition) is 4. The van der Waals surface area contributed by atoms with Crippen LogP contribution in [0.1, 0.15) is 11.8 Å². The number of carbonyl (C=O) groups is 1. The number of nitrogens with zero attached hydrogens (tertiary/aromatic N) is 1. The van der Waals surface area contributed by atoms with E-state index in [1.165, 1.54) is 4.90 Å². The molecule has 0 unspecified atom stereocenters. The van der Waals surface area contributed by atoms with Crippen LogP contribution in [-0.2, 0) is 4.79 Å². The molecule has 1 amide bonds. The lowest BCUT2D eigenvalue weighted by atomic mass is 10.2. The van der Waals surface area contributed by atoms with E-state index in [1.54, 1.807) is 11.3 Å². The smallest absolute Gasteiger partial charge is 0.281 e. The number of rotatable bonds is 4. The average Bonchev–Trinajstić information content (AvgIpc) is 3.10. The highest BCUT2D eigenvalue weighted by atomic mass is 32.1. The maximum Gasteiger partial charge on any atom is 0.281 e. The highest BCUT2D eigenvalue weighted by Crippen LogP contribution is 2.31. The summed E-state index contributed by atoms with van der Waals surface area (Å²) in [5, 5.41) is 5.31. The molecular weight excluding hydrogens is 316 g/mol. The molecule has 112 valence electrons. The molecule has 1 N–H and O–H groups in total. The Labute approximate surface area is 138 Å². The van der Waals surface area contributed by atoms with Gasteiger partial charge in [-0.25, -0.2) is 4.90 Å². The molecule has 3 rings (SSSR count). The molecule has 1 saturated heterocycles. The molecule has 0 atom stereocenters. The molecule has 22 heavy (non-hydrogen) atoms. The normalized spacial score (nSPS) is 16.2. The van der Waals surface area contributed by atoms with Gasteiger partial charge in [-0.05, 0) is 48.8 Å². The molecule has 0 spiro atoms. The third-order valence-corrected chi connectivity index (χ3v) is 4.22. The molecule has 1 aliphatic heterocycles. The molecule has 1 aromatic heterocycles. The third-order valence-electron chi connectivity index (χ3n) is 3.11. The fourth-order valence-electron chi connectivity index (χ4n) is 2.19. The number of hydrogen-bond donors (Lipinski definition) is 1. The van der Waals surface area contributed by atoms with Crippen molar-refractivity contribution >= 4 is 46.3 Å². The minimum absolute atomic E-state index is 0.175. The Morgan fingerprint density at radius 1 is 1.32 bits per heavy atom. The molecule has 1 aromatic carbocycles. The lowest BCUT2D eigenvalue weighted by Gasteiger charge is -2.17. The summed E-state index contributed by atoms with van der Waals surface area (Å²) in [7, 11) is 0. The Kier molecular flexibility index (Phi) is 4.22. The van der Waals surface area contributed by atoms with E-state index in [0.29, 0.717) is 28.9 Å². The van der Waals surface area contributed by atoms with Gasteiger partial charge in [-0.3, -0.25) is 4.79 Å². The Hall–Kier alpha value is -2.18. The highest BCUT2D eigenvalue weighted by molar-refractivity contribution is 7.80. The van der Waals surface area contributed by atoms with E-state index in [1.807, 2.05) is 54.8 Å². The summed E-state index contributed by atoms with van der Waals surface area (Å²) in [5.41, 5.74) is 1.13. The van der Waals surface area contributed by atoms with Gasteiger partial charge in [0.1, 0.15) is 11.4 Å². The van der Waals surface area contributed by atoms with Crippen LogP contribution in [-0.4, -0.2) is 17.6 Å². The van der Waals surface area contributed by atoms with Crippen molar-refractivity contribution in [2.75, 3.05) is 11.5 Å². The second-order valence-corrected chi connectivity index (χ2v) is 5.91. The number of anilines is 1. The summed E-state index contributed by atoms with van der Waals surface area (Å²) in [6.07, 6.45) is 1.81. The Balaban J connectivity index is 1.96. The lowest BCUT2D eigenvalue weighted by molar-refractivity contribution is -0.113. The van der Waals surface area contributed by atoms with Crippen LogP contribution in [0.2, 0.25) is 0 Å². The van der Waals surface area contributed by atoms with Crippen molar-refractivity contribution < 1.29 is 9.53 Å². The Morgan fingerprint density at radius 3 is 2.86 bits per heavy atom. The number of nitrogens with one attached hydrogen (secondary N) is 1. The number of carbonyl (C=O) groups excluding carboxylic acids is 1. The first kappa shape index (κ1) is 14.7. The van der Waals surface area contributed by atoms with Crippen molar-refractivity contribution in [3.8, 4) is 5.75 Å². The van der Waals surface area contributed by atoms with Gasteiger partial charge in [-0.1, -0.05) is 18.2 Å². The third kappa shape index (κ3) is 2.75. The molecule has 1 aliphatic rings. The number of thiophene rings is 1. The van der Waals surface area contributed by atoms with Gasteiger partial charge in [0.25, 0.3) is 5.91 Å². The van der Waals surface area contributed by atoms with Crippen LogP contribution in [0.3, 0.4) is 0 Å². The molecule has 0 aliphatic carbocycles. The molecule has 0 bridgehead atoms. The van der Waals surface area contributed by atoms with E-state index >= 15 is 0 Å². The molecule has 0 saturated carbocycles. The fraction of sp³-hybridized carbons (Fsp3) is 0.125. The number of thiocarbonyl (C=S) groups is 1. The first-order valence-corrected chi connectivity index (χ1v) is 8.12. The van der Waals surface area contributed by atoms with Crippen molar-refractivity contribution in [2.45, 2.75) is 6.92 Å². The summed E-state index contributed by atoms with van der Waals surface area (Å²) < 4.78 is 5.59. The van der Waals surface area contributed by atoms with E-state index < -0.39 is 0 Å². The van der Waals surface area contributed by atoms with Crippen LogP contribution in [0.5, 0.6) is 5.75 Å². The van der Waals surface area contributed by atoms with Crippen molar-refractivity contribution in [1.82, 2.24) is 5.32 Å². The zero-order valence-corrected chi connectivity index (χ0v) is 13.5. The van der Waals surface area contributed by atoms with Crippen molar-refractivity contribution in [3.63, 3.8) is 0 Å². The predicted octanol–water partition coefficient (Wildman–Crippen LogP) is 3.41. The van der Waals surface area contributed by atoms with Crippen LogP contribution >= 0.6 is 23.6 Å². The van der Waals surface area contributed by atoms with Gasteiger partial charge in [0.05, 0.1) is 12.3 Å². The first-order valence-electron chi connectivity index (χ1n) is 6.83. The van der Waals surface area contributed by atoms with E-state index in [2.05, 4.69) is 5.32 Å². The SMILES string of the molecule is CCOc1ccccc1N1C(=O)/C(=C\c2cccs2)NC1=S. The second-order valence-electron chi connectivity index (χ2n) is 4.54. The lowest BCUT2D eigenvalue weighted by Crippen LogP contribution is -2.30. The zero-order valence-electron chi connectivity index (χ0n) is 11.9. The van der Waals surface area contributed by atoms with Crippen LogP contribution in [0.15, 0.2) is 47.5 Å². The molecule has 6 heteroatoms. The standard InChI is InChI=1S/C16H14N2O2S2/c1-2-20-14-8-4-3-7-13(14)18-15(19)12(17-16(18)21)10-11-6-5-9-22-11/h3-10H,2H2,1H3,(H,17,21)/b12-10+. The van der Waals surface area contributed by atoms with E-state index in [4.69, 9.17) is 17.0 Å². The van der Waals surface area contributed by atoms with E-state index in [-0.39, 0.29) is 5.91 Å².